The van der Waals surface area contributed by atoms with E-state index < -0.39 is 11.7 Å². The van der Waals surface area contributed by atoms with Crippen molar-refractivity contribution < 1.29 is 17.9 Å². The predicted octanol–water partition coefficient (Wildman–Crippen LogP) is 5.28. The van der Waals surface area contributed by atoms with Gasteiger partial charge in [0.1, 0.15) is 11.6 Å². The summed E-state index contributed by atoms with van der Waals surface area (Å²) in [6.45, 7) is 0.329. The van der Waals surface area contributed by atoms with Gasteiger partial charge in [0, 0.05) is 24.6 Å². The molecular weight excluding hydrogens is 315 g/mol. The Morgan fingerprint density at radius 1 is 1.04 bits per heavy atom. The summed E-state index contributed by atoms with van der Waals surface area (Å²) < 4.78 is 45.9. The average molecular weight is 335 g/mol. The van der Waals surface area contributed by atoms with Crippen LogP contribution in [0.3, 0.4) is 0 Å². The van der Waals surface area contributed by atoms with E-state index in [-0.39, 0.29) is 18.8 Å². The normalized spacial score (nSPS) is 17.6. The molecule has 0 aliphatic heterocycles. The molecular formula is C19H20F3NO. The van der Waals surface area contributed by atoms with E-state index in [2.05, 4.69) is 0 Å². The number of nitrogen functional groups attached to an aromatic ring is 1. The quantitative estimate of drug-likeness (QED) is 0.772. The maximum absolute atomic E-state index is 13.9. The van der Waals surface area contributed by atoms with Crippen molar-refractivity contribution in [2.75, 3.05) is 12.3 Å². The zero-order valence-electron chi connectivity index (χ0n) is 13.3. The van der Waals surface area contributed by atoms with E-state index in [9.17, 15) is 13.2 Å². The highest BCUT2D eigenvalue weighted by Crippen LogP contribution is 2.36. The summed E-state index contributed by atoms with van der Waals surface area (Å²) in [5.74, 6) is -2.45. The second-order valence-corrected chi connectivity index (χ2v) is 6.41. The van der Waals surface area contributed by atoms with Gasteiger partial charge in [0.2, 0.25) is 5.92 Å². The van der Waals surface area contributed by atoms with Crippen molar-refractivity contribution in [2.24, 2.45) is 5.92 Å². The van der Waals surface area contributed by atoms with Crippen molar-refractivity contribution in [1.82, 2.24) is 0 Å². The first-order chi connectivity index (χ1) is 11.4. The van der Waals surface area contributed by atoms with Crippen molar-refractivity contribution in [2.45, 2.75) is 31.6 Å². The second-order valence-electron chi connectivity index (χ2n) is 6.41. The van der Waals surface area contributed by atoms with E-state index in [4.69, 9.17) is 10.5 Å². The summed E-state index contributed by atoms with van der Waals surface area (Å²) in [5, 5.41) is 0. The molecule has 5 heteroatoms. The fourth-order valence-electron chi connectivity index (χ4n) is 3.01. The van der Waals surface area contributed by atoms with Crippen LogP contribution in [0.5, 0.6) is 5.75 Å². The molecule has 0 radical (unpaired) electrons. The summed E-state index contributed by atoms with van der Waals surface area (Å²) in [6, 6.07) is 11.7. The predicted molar refractivity (Wildman–Crippen MR) is 88.6 cm³/mol. The lowest BCUT2D eigenvalue weighted by Crippen LogP contribution is -2.27. The van der Waals surface area contributed by atoms with Crippen molar-refractivity contribution in [3.8, 4) is 16.9 Å². The Morgan fingerprint density at radius 3 is 2.50 bits per heavy atom. The SMILES string of the molecule is Nc1cccc(-c2cc(F)cc(OCC3CCC(F)(F)CC3)c2)c1. The van der Waals surface area contributed by atoms with Gasteiger partial charge in [-0.1, -0.05) is 12.1 Å². The van der Waals surface area contributed by atoms with E-state index in [0.717, 1.165) is 5.56 Å². The third kappa shape index (κ3) is 4.22. The molecule has 0 bridgehead atoms. The summed E-state index contributed by atoms with van der Waals surface area (Å²) in [6.07, 6.45) is 0.673. The Bertz CT molecular complexity index is 708. The molecule has 0 unspecified atom stereocenters. The number of anilines is 1. The minimum atomic E-state index is -2.55. The van der Waals surface area contributed by atoms with E-state index in [1.54, 1.807) is 24.3 Å². The first-order valence-electron chi connectivity index (χ1n) is 8.08. The van der Waals surface area contributed by atoms with E-state index in [1.165, 1.54) is 12.1 Å². The Balaban J connectivity index is 1.68. The molecule has 2 N–H and O–H groups in total. The summed E-state index contributed by atoms with van der Waals surface area (Å²) in [5.41, 5.74) is 7.84. The topological polar surface area (TPSA) is 35.2 Å². The summed E-state index contributed by atoms with van der Waals surface area (Å²) in [7, 11) is 0. The number of hydrogen-bond donors (Lipinski definition) is 1. The molecule has 1 saturated carbocycles. The van der Waals surface area contributed by atoms with Crippen LogP contribution in [0.15, 0.2) is 42.5 Å². The smallest absolute Gasteiger partial charge is 0.248 e. The van der Waals surface area contributed by atoms with Gasteiger partial charge in [-0.05, 0) is 54.2 Å². The Hall–Kier alpha value is -2.17. The number of nitrogens with two attached hydrogens (primary N) is 1. The van der Waals surface area contributed by atoms with Gasteiger partial charge >= 0.3 is 0 Å². The van der Waals surface area contributed by atoms with Crippen LogP contribution < -0.4 is 10.5 Å². The highest BCUT2D eigenvalue weighted by molar-refractivity contribution is 5.68. The van der Waals surface area contributed by atoms with Crippen LogP contribution in [0.1, 0.15) is 25.7 Å². The Morgan fingerprint density at radius 2 is 1.79 bits per heavy atom. The fraction of sp³-hybridized carbons (Fsp3) is 0.368. The average Bonchev–Trinajstić information content (AvgIpc) is 2.53. The summed E-state index contributed by atoms with van der Waals surface area (Å²) in [4.78, 5) is 0. The van der Waals surface area contributed by atoms with Crippen molar-refractivity contribution in [3.63, 3.8) is 0 Å². The van der Waals surface area contributed by atoms with E-state index >= 15 is 0 Å². The monoisotopic (exact) mass is 335 g/mol. The first kappa shape index (κ1) is 16.7. The van der Waals surface area contributed by atoms with Gasteiger partial charge in [-0.25, -0.2) is 13.2 Å². The number of ether oxygens (including phenoxy) is 1. The third-order valence-corrected chi connectivity index (χ3v) is 4.41. The lowest BCUT2D eigenvalue weighted by molar-refractivity contribution is -0.0498. The molecule has 1 aliphatic carbocycles. The number of halogens is 3. The van der Waals surface area contributed by atoms with Crippen LogP contribution >= 0.6 is 0 Å². The molecule has 0 amide bonds. The zero-order valence-corrected chi connectivity index (χ0v) is 13.3. The third-order valence-electron chi connectivity index (χ3n) is 4.41. The zero-order chi connectivity index (χ0) is 17.2. The van der Waals surface area contributed by atoms with Gasteiger partial charge in [0.15, 0.2) is 0 Å². The number of benzene rings is 2. The molecule has 1 aliphatic rings. The first-order valence-corrected chi connectivity index (χ1v) is 8.08. The highest BCUT2D eigenvalue weighted by atomic mass is 19.3. The van der Waals surface area contributed by atoms with Gasteiger partial charge in [-0.15, -0.1) is 0 Å². The van der Waals surface area contributed by atoms with E-state index in [1.807, 2.05) is 6.07 Å². The number of hydrogen-bond acceptors (Lipinski definition) is 2. The lowest BCUT2D eigenvalue weighted by atomic mass is 9.87. The Labute approximate surface area is 139 Å². The molecule has 0 spiro atoms. The molecule has 128 valence electrons. The van der Waals surface area contributed by atoms with Gasteiger partial charge < -0.3 is 10.5 Å². The van der Waals surface area contributed by atoms with Crippen LogP contribution in [0.2, 0.25) is 0 Å². The number of rotatable bonds is 4. The van der Waals surface area contributed by atoms with Crippen molar-refractivity contribution in [1.29, 1.82) is 0 Å². The molecule has 0 saturated heterocycles. The minimum absolute atomic E-state index is 0.0868. The fourth-order valence-corrected chi connectivity index (χ4v) is 3.01. The lowest BCUT2D eigenvalue weighted by Gasteiger charge is -2.28. The molecule has 1 fully saturated rings. The van der Waals surface area contributed by atoms with Gasteiger partial charge in [0.25, 0.3) is 0 Å². The van der Waals surface area contributed by atoms with Gasteiger partial charge in [-0.3, -0.25) is 0 Å². The second kappa shape index (κ2) is 6.75. The highest BCUT2D eigenvalue weighted by Gasteiger charge is 2.35. The van der Waals surface area contributed by atoms with Crippen LogP contribution in [-0.2, 0) is 0 Å². The largest absolute Gasteiger partial charge is 0.493 e. The van der Waals surface area contributed by atoms with Gasteiger partial charge in [0.05, 0.1) is 6.61 Å². The minimum Gasteiger partial charge on any atom is -0.493 e. The molecule has 2 nitrogen and oxygen atoms in total. The van der Waals surface area contributed by atoms with Crippen molar-refractivity contribution in [3.05, 3.63) is 48.3 Å². The molecule has 2 aromatic carbocycles. The van der Waals surface area contributed by atoms with Crippen molar-refractivity contribution >= 4 is 5.69 Å². The maximum atomic E-state index is 13.9. The Kier molecular flexibility index (Phi) is 4.69. The van der Waals surface area contributed by atoms with Crippen LogP contribution in [0.25, 0.3) is 11.1 Å². The van der Waals surface area contributed by atoms with Gasteiger partial charge in [-0.2, -0.15) is 0 Å². The standard InChI is InChI=1S/C19H20F3NO/c20-16-8-15(14-2-1-3-17(23)9-14)10-18(11-16)24-12-13-4-6-19(21,22)7-5-13/h1-3,8-11,13H,4-7,12,23H2. The van der Waals surface area contributed by atoms with Crippen LogP contribution in [0.4, 0.5) is 18.9 Å². The number of alkyl halides is 2. The molecule has 0 aromatic heterocycles. The van der Waals surface area contributed by atoms with Crippen LogP contribution in [-0.4, -0.2) is 12.5 Å². The molecule has 0 atom stereocenters. The van der Waals surface area contributed by atoms with Crippen LogP contribution in [0, 0.1) is 11.7 Å². The molecule has 0 heterocycles. The summed E-state index contributed by atoms with van der Waals surface area (Å²) >= 11 is 0. The van der Waals surface area contributed by atoms with E-state index in [0.29, 0.717) is 36.4 Å². The molecule has 2 aromatic rings. The molecule has 24 heavy (non-hydrogen) atoms. The maximum Gasteiger partial charge on any atom is 0.248 e. The molecule has 3 rings (SSSR count).